The van der Waals surface area contributed by atoms with Crippen LogP contribution >= 0.6 is 0 Å². The largest absolute Gasteiger partial charge is 0.495 e. The molecule has 0 radical (unpaired) electrons. The molecule has 0 bridgehead atoms. The lowest BCUT2D eigenvalue weighted by molar-refractivity contribution is -0.117. The fraction of sp³-hybridized carbons (Fsp3) is 0.222. The first-order valence-electron chi connectivity index (χ1n) is 4.32. The van der Waals surface area contributed by atoms with Crippen LogP contribution in [0.25, 0.3) is 0 Å². The fourth-order valence-corrected chi connectivity index (χ4v) is 1.94. The number of hydrogen-bond acceptors (Lipinski definition) is 4. The van der Waals surface area contributed by atoms with Crippen LogP contribution in [0.1, 0.15) is 5.56 Å². The zero-order valence-electron chi connectivity index (χ0n) is 8.64. The summed E-state index contributed by atoms with van der Waals surface area (Å²) >= 11 is 0. The molecule has 0 atom stereocenters. The normalized spacial score (nSPS) is 11.1. The molecule has 0 heterocycles. The summed E-state index contributed by atoms with van der Waals surface area (Å²) in [5.41, 5.74) is 5.58. The van der Waals surface area contributed by atoms with Gasteiger partial charge in [-0.25, -0.2) is 13.6 Å². The molecular formula is C9H12N2O4S. The first-order chi connectivity index (χ1) is 7.34. The monoisotopic (exact) mass is 244 g/mol. The quantitative estimate of drug-likeness (QED) is 0.734. The zero-order valence-corrected chi connectivity index (χ0v) is 9.45. The second-order valence-electron chi connectivity index (χ2n) is 3.17. The molecule has 0 spiro atoms. The van der Waals surface area contributed by atoms with Crippen molar-refractivity contribution in [3.05, 3.63) is 23.8 Å². The molecule has 1 amide bonds. The van der Waals surface area contributed by atoms with Gasteiger partial charge < -0.3 is 10.5 Å². The first kappa shape index (κ1) is 12.5. The number of benzene rings is 1. The molecule has 0 unspecified atom stereocenters. The van der Waals surface area contributed by atoms with Crippen molar-refractivity contribution in [3.63, 3.8) is 0 Å². The van der Waals surface area contributed by atoms with Gasteiger partial charge >= 0.3 is 0 Å². The highest BCUT2D eigenvalue weighted by molar-refractivity contribution is 7.89. The van der Waals surface area contributed by atoms with Crippen molar-refractivity contribution in [2.75, 3.05) is 7.11 Å². The van der Waals surface area contributed by atoms with E-state index in [4.69, 9.17) is 15.6 Å². The van der Waals surface area contributed by atoms with Crippen molar-refractivity contribution in [2.24, 2.45) is 10.9 Å². The second kappa shape index (κ2) is 4.50. The van der Waals surface area contributed by atoms with E-state index in [0.29, 0.717) is 5.56 Å². The van der Waals surface area contributed by atoms with Crippen LogP contribution in [0.5, 0.6) is 5.75 Å². The van der Waals surface area contributed by atoms with Gasteiger partial charge in [0.2, 0.25) is 15.9 Å². The van der Waals surface area contributed by atoms with E-state index in [9.17, 15) is 13.2 Å². The summed E-state index contributed by atoms with van der Waals surface area (Å²) in [5, 5.41) is 4.99. The Hall–Kier alpha value is -1.60. The second-order valence-corrected chi connectivity index (χ2v) is 4.70. The number of primary amides is 1. The molecule has 4 N–H and O–H groups in total. The van der Waals surface area contributed by atoms with Gasteiger partial charge in [0.1, 0.15) is 10.6 Å². The highest BCUT2D eigenvalue weighted by Crippen LogP contribution is 2.23. The Morgan fingerprint density at radius 3 is 2.50 bits per heavy atom. The summed E-state index contributed by atoms with van der Waals surface area (Å²) in [6, 6.07) is 4.17. The van der Waals surface area contributed by atoms with Crippen molar-refractivity contribution in [3.8, 4) is 5.75 Å². The molecule has 88 valence electrons. The number of primary sulfonamides is 1. The summed E-state index contributed by atoms with van der Waals surface area (Å²) in [6.45, 7) is 0. The Bertz CT molecular complexity index is 510. The molecule has 1 aromatic rings. The summed E-state index contributed by atoms with van der Waals surface area (Å²) in [6.07, 6.45) is 0.0151. The van der Waals surface area contributed by atoms with E-state index in [2.05, 4.69) is 0 Å². The van der Waals surface area contributed by atoms with Gasteiger partial charge in [0.25, 0.3) is 0 Å². The molecule has 16 heavy (non-hydrogen) atoms. The van der Waals surface area contributed by atoms with Crippen LogP contribution in [0, 0.1) is 0 Å². The lowest BCUT2D eigenvalue weighted by atomic mass is 10.1. The third kappa shape index (κ3) is 2.94. The van der Waals surface area contributed by atoms with Crippen molar-refractivity contribution in [1.82, 2.24) is 0 Å². The molecule has 0 aliphatic heterocycles. The average Bonchev–Trinajstić information content (AvgIpc) is 2.14. The van der Waals surface area contributed by atoms with Crippen molar-refractivity contribution in [2.45, 2.75) is 11.3 Å². The van der Waals surface area contributed by atoms with Gasteiger partial charge in [-0.15, -0.1) is 0 Å². The highest BCUT2D eigenvalue weighted by Gasteiger charge is 2.15. The van der Waals surface area contributed by atoms with E-state index < -0.39 is 15.9 Å². The molecule has 0 aromatic heterocycles. The number of nitrogens with two attached hydrogens (primary N) is 2. The fourth-order valence-electron chi connectivity index (χ4n) is 1.26. The number of carbonyl (C=O) groups excluding carboxylic acids is 1. The topological polar surface area (TPSA) is 112 Å². The van der Waals surface area contributed by atoms with Crippen LogP contribution in [0.2, 0.25) is 0 Å². The molecule has 0 saturated carbocycles. The summed E-state index contributed by atoms with van der Waals surface area (Å²) in [5.74, 6) is -0.411. The maximum atomic E-state index is 11.2. The Labute approximate surface area is 93.2 Å². The number of amides is 1. The molecule has 7 heteroatoms. The van der Waals surface area contributed by atoms with E-state index in [1.54, 1.807) is 0 Å². The Kier molecular flexibility index (Phi) is 3.51. The lowest BCUT2D eigenvalue weighted by Crippen LogP contribution is -2.15. The molecule has 0 saturated heterocycles. The number of hydrogen-bond donors (Lipinski definition) is 2. The van der Waals surface area contributed by atoms with E-state index in [1.165, 1.54) is 25.3 Å². The van der Waals surface area contributed by atoms with Gasteiger partial charge in [-0.3, -0.25) is 4.79 Å². The van der Waals surface area contributed by atoms with Crippen molar-refractivity contribution in [1.29, 1.82) is 0 Å². The smallest absolute Gasteiger partial charge is 0.241 e. The third-order valence-corrected chi connectivity index (χ3v) is 2.86. The Balaban J connectivity index is 3.22. The summed E-state index contributed by atoms with van der Waals surface area (Å²) < 4.78 is 27.2. The van der Waals surface area contributed by atoms with E-state index in [0.717, 1.165) is 0 Å². The van der Waals surface area contributed by atoms with Crippen molar-refractivity contribution >= 4 is 15.9 Å². The average molecular weight is 244 g/mol. The van der Waals surface area contributed by atoms with Crippen LogP contribution < -0.4 is 15.6 Å². The van der Waals surface area contributed by atoms with Gasteiger partial charge in [0.15, 0.2) is 0 Å². The molecule has 1 aromatic carbocycles. The predicted octanol–water partition coefficient (Wildman–Crippen LogP) is -0.630. The molecule has 1 rings (SSSR count). The highest BCUT2D eigenvalue weighted by atomic mass is 32.2. The zero-order chi connectivity index (χ0) is 12.3. The van der Waals surface area contributed by atoms with Gasteiger partial charge in [-0.2, -0.15) is 0 Å². The minimum Gasteiger partial charge on any atom is -0.495 e. The molecule has 6 nitrogen and oxygen atoms in total. The van der Waals surface area contributed by atoms with Gasteiger partial charge in [0, 0.05) is 0 Å². The maximum Gasteiger partial charge on any atom is 0.241 e. The minimum absolute atomic E-state index is 0.0151. The van der Waals surface area contributed by atoms with E-state index in [1.807, 2.05) is 0 Å². The predicted molar refractivity (Wildman–Crippen MR) is 57.3 cm³/mol. The first-order valence-corrected chi connectivity index (χ1v) is 5.87. The SMILES string of the molecule is COc1cc(CC(N)=O)ccc1S(N)(=O)=O. The summed E-state index contributed by atoms with van der Waals surface area (Å²) in [4.78, 5) is 10.6. The molecule has 0 aliphatic carbocycles. The van der Waals surface area contributed by atoms with E-state index in [-0.39, 0.29) is 17.1 Å². The van der Waals surface area contributed by atoms with Crippen LogP contribution in [-0.4, -0.2) is 21.4 Å². The van der Waals surface area contributed by atoms with Crippen molar-refractivity contribution < 1.29 is 17.9 Å². The number of methoxy groups -OCH3 is 1. The number of ether oxygens (including phenoxy) is 1. The molecule has 0 fully saturated rings. The van der Waals surface area contributed by atoms with Crippen LogP contribution in [0.15, 0.2) is 23.1 Å². The number of rotatable bonds is 4. The summed E-state index contributed by atoms with van der Waals surface area (Å²) in [7, 11) is -2.51. The lowest BCUT2D eigenvalue weighted by Gasteiger charge is -2.08. The van der Waals surface area contributed by atoms with Gasteiger partial charge in [-0.05, 0) is 17.7 Å². The third-order valence-electron chi connectivity index (χ3n) is 1.91. The van der Waals surface area contributed by atoms with E-state index >= 15 is 0 Å². The maximum absolute atomic E-state index is 11.2. The van der Waals surface area contributed by atoms with Gasteiger partial charge in [0.05, 0.1) is 13.5 Å². The Morgan fingerprint density at radius 1 is 1.44 bits per heavy atom. The Morgan fingerprint density at radius 2 is 2.06 bits per heavy atom. The van der Waals surface area contributed by atoms with Crippen LogP contribution in [0.4, 0.5) is 0 Å². The van der Waals surface area contributed by atoms with Crippen LogP contribution in [-0.2, 0) is 21.2 Å². The molecular weight excluding hydrogens is 232 g/mol. The minimum atomic E-state index is -3.83. The van der Waals surface area contributed by atoms with Gasteiger partial charge in [-0.1, -0.05) is 6.07 Å². The number of sulfonamides is 1. The molecule has 0 aliphatic rings. The standard InChI is InChI=1S/C9H12N2O4S/c1-15-7-4-6(5-9(10)12)2-3-8(7)16(11,13)14/h2-4H,5H2,1H3,(H2,10,12)(H2,11,13,14). The number of carbonyl (C=O) groups is 1. The van der Waals surface area contributed by atoms with Crippen LogP contribution in [0.3, 0.4) is 0 Å².